The number of hydrogen-bond donors (Lipinski definition) is 1. The minimum atomic E-state index is -0.859. The van der Waals surface area contributed by atoms with Crippen molar-refractivity contribution in [3.63, 3.8) is 0 Å². The van der Waals surface area contributed by atoms with Gasteiger partial charge in [0.25, 0.3) is 0 Å². The van der Waals surface area contributed by atoms with Gasteiger partial charge in [0.05, 0.1) is 13.2 Å². The molecule has 0 aliphatic carbocycles. The van der Waals surface area contributed by atoms with E-state index in [0.29, 0.717) is 0 Å². The molecule has 0 unspecified atom stereocenters. The topological polar surface area (TPSA) is 55.8 Å². The molecule has 1 N–H and O–H groups in total. The van der Waals surface area contributed by atoms with Crippen molar-refractivity contribution in [2.75, 3.05) is 13.2 Å². The smallest absolute Gasteiger partial charge is 1.00 e. The second-order valence-corrected chi connectivity index (χ2v) is 1.60. The molecular formula is C4H7KO4. The van der Waals surface area contributed by atoms with Crippen LogP contribution < -0.4 is 51.4 Å². The Balaban J connectivity index is 0. The van der Waals surface area contributed by atoms with Crippen molar-refractivity contribution in [3.05, 3.63) is 0 Å². The number of hydrogen-bond acceptors (Lipinski definition) is 3. The Kier molecular flexibility index (Phi) is 5.33. The van der Waals surface area contributed by atoms with Gasteiger partial charge in [-0.15, -0.1) is 0 Å². The Bertz CT molecular complexity index is 103. The number of rotatable bonds is 1. The van der Waals surface area contributed by atoms with Crippen LogP contribution in [0.3, 0.4) is 0 Å². The molecule has 9 heavy (non-hydrogen) atoms. The van der Waals surface area contributed by atoms with Gasteiger partial charge in [0, 0.05) is 0 Å². The molecule has 1 rings (SSSR count). The molecule has 0 saturated carbocycles. The molecule has 1 aliphatic heterocycles. The van der Waals surface area contributed by atoms with Crippen molar-refractivity contribution in [2.45, 2.75) is 0 Å². The van der Waals surface area contributed by atoms with Crippen molar-refractivity contribution < 1.29 is 72.5 Å². The fourth-order valence-corrected chi connectivity index (χ4v) is 0.451. The molecule has 5 heteroatoms. The van der Waals surface area contributed by atoms with Crippen LogP contribution in [-0.4, -0.2) is 24.3 Å². The maximum atomic E-state index is 10.0. The van der Waals surface area contributed by atoms with E-state index in [-0.39, 0.29) is 66.0 Å². The minimum Gasteiger partial charge on any atom is -1.00 e. The van der Waals surface area contributed by atoms with E-state index in [2.05, 4.69) is 9.78 Å². The van der Waals surface area contributed by atoms with Gasteiger partial charge in [-0.05, 0) is 0 Å². The van der Waals surface area contributed by atoms with E-state index in [4.69, 9.17) is 5.11 Å². The molecule has 4 nitrogen and oxygen atoms in total. The molecule has 48 valence electrons. The van der Waals surface area contributed by atoms with Gasteiger partial charge >= 0.3 is 57.4 Å². The van der Waals surface area contributed by atoms with E-state index in [9.17, 15) is 4.79 Å². The molecule has 0 amide bonds. The van der Waals surface area contributed by atoms with Crippen LogP contribution in [0.4, 0.5) is 0 Å². The van der Waals surface area contributed by atoms with Gasteiger partial charge in [-0.1, -0.05) is 0 Å². The number of carboxylic acid groups (broad SMARTS) is 1. The molecule has 0 bridgehead atoms. The van der Waals surface area contributed by atoms with Crippen molar-refractivity contribution in [3.8, 4) is 0 Å². The molecule has 0 aromatic heterocycles. The van der Waals surface area contributed by atoms with Gasteiger partial charge < -0.3 is 6.53 Å². The van der Waals surface area contributed by atoms with Crippen LogP contribution in [0.15, 0.2) is 0 Å². The SMILES string of the molecule is O=C(O)C1COOC1.[H-].[K+]. The zero-order chi connectivity index (χ0) is 5.98. The van der Waals surface area contributed by atoms with Crippen molar-refractivity contribution in [1.29, 1.82) is 0 Å². The summed E-state index contributed by atoms with van der Waals surface area (Å²) in [6.45, 7) is 0.352. The van der Waals surface area contributed by atoms with Gasteiger partial charge in [0.15, 0.2) is 0 Å². The summed E-state index contributed by atoms with van der Waals surface area (Å²) in [5, 5.41) is 8.25. The molecule has 1 heterocycles. The number of carbonyl (C=O) groups is 1. The van der Waals surface area contributed by atoms with Gasteiger partial charge in [-0.2, -0.15) is 0 Å². The summed E-state index contributed by atoms with van der Waals surface area (Å²) >= 11 is 0. The monoisotopic (exact) mass is 158 g/mol. The Morgan fingerprint density at radius 1 is 1.56 bits per heavy atom. The van der Waals surface area contributed by atoms with Crippen LogP contribution in [-0.2, 0) is 14.6 Å². The predicted octanol–water partition coefficient (Wildman–Crippen LogP) is -3.23. The van der Waals surface area contributed by atoms with Gasteiger partial charge in [-0.3, -0.25) is 4.79 Å². The average Bonchev–Trinajstić information content (AvgIpc) is 2.12. The van der Waals surface area contributed by atoms with E-state index >= 15 is 0 Å². The molecule has 0 atom stereocenters. The summed E-state index contributed by atoms with van der Waals surface area (Å²) < 4.78 is 0. The Labute approximate surface area is 96.3 Å². The summed E-state index contributed by atoms with van der Waals surface area (Å²) in [6.07, 6.45) is 0. The Hall–Kier alpha value is 1.03. The second kappa shape index (κ2) is 4.78. The Morgan fingerprint density at radius 2 is 2.00 bits per heavy atom. The van der Waals surface area contributed by atoms with E-state index in [0.717, 1.165) is 0 Å². The van der Waals surface area contributed by atoms with Gasteiger partial charge in [0.1, 0.15) is 5.92 Å². The third kappa shape index (κ3) is 3.08. The molecule has 1 fully saturated rings. The molecule has 0 aromatic rings. The molecule has 1 saturated heterocycles. The summed E-state index contributed by atoms with van der Waals surface area (Å²) in [5.74, 6) is -1.32. The van der Waals surface area contributed by atoms with E-state index in [1.54, 1.807) is 0 Å². The molecule has 0 radical (unpaired) electrons. The maximum absolute atomic E-state index is 10.0. The van der Waals surface area contributed by atoms with E-state index in [1.165, 1.54) is 0 Å². The van der Waals surface area contributed by atoms with Crippen LogP contribution in [0.2, 0.25) is 0 Å². The quantitative estimate of drug-likeness (QED) is 0.322. The summed E-state index contributed by atoms with van der Waals surface area (Å²) in [6, 6.07) is 0. The fourth-order valence-electron chi connectivity index (χ4n) is 0.451. The normalized spacial score (nSPS) is 19.1. The van der Waals surface area contributed by atoms with Crippen molar-refractivity contribution in [1.82, 2.24) is 0 Å². The first kappa shape index (κ1) is 10.0. The molecule has 0 spiro atoms. The zero-order valence-corrected chi connectivity index (χ0v) is 8.29. The van der Waals surface area contributed by atoms with Crippen molar-refractivity contribution >= 4 is 5.97 Å². The first-order chi connectivity index (χ1) is 3.80. The zero-order valence-electron chi connectivity index (χ0n) is 6.16. The van der Waals surface area contributed by atoms with Crippen LogP contribution >= 0.6 is 0 Å². The third-order valence-electron chi connectivity index (χ3n) is 0.971. The molecule has 1 aliphatic rings. The van der Waals surface area contributed by atoms with Crippen LogP contribution in [0, 0.1) is 5.92 Å². The first-order valence-corrected chi connectivity index (χ1v) is 2.28. The standard InChI is InChI=1S/C4H6O4.K.H/c5-4(6)3-1-7-8-2-3;;/h3H,1-2H2,(H,5,6);;/q;+1;-1. The molecular weight excluding hydrogens is 151 g/mol. The summed E-state index contributed by atoms with van der Waals surface area (Å²) in [4.78, 5) is 18.7. The Morgan fingerprint density at radius 3 is 2.22 bits per heavy atom. The number of carboxylic acids is 1. The first-order valence-electron chi connectivity index (χ1n) is 2.28. The molecule has 0 aromatic carbocycles. The van der Waals surface area contributed by atoms with E-state index < -0.39 is 11.9 Å². The predicted molar refractivity (Wildman–Crippen MR) is 24.1 cm³/mol. The van der Waals surface area contributed by atoms with Crippen LogP contribution in [0.5, 0.6) is 0 Å². The maximum Gasteiger partial charge on any atom is 1.00 e. The minimum absolute atomic E-state index is 0. The number of aliphatic carboxylic acids is 1. The van der Waals surface area contributed by atoms with Gasteiger partial charge in [-0.25, -0.2) is 9.78 Å². The second-order valence-electron chi connectivity index (χ2n) is 1.60. The van der Waals surface area contributed by atoms with E-state index in [1.807, 2.05) is 0 Å². The van der Waals surface area contributed by atoms with Crippen molar-refractivity contribution in [2.24, 2.45) is 5.92 Å². The fraction of sp³-hybridized carbons (Fsp3) is 0.750. The summed E-state index contributed by atoms with van der Waals surface area (Å²) in [7, 11) is 0. The average molecular weight is 158 g/mol. The van der Waals surface area contributed by atoms with Gasteiger partial charge in [0.2, 0.25) is 0 Å². The summed E-state index contributed by atoms with van der Waals surface area (Å²) in [5.41, 5.74) is 0. The third-order valence-corrected chi connectivity index (χ3v) is 0.971. The largest absolute Gasteiger partial charge is 1.00 e. The van der Waals surface area contributed by atoms with Crippen LogP contribution in [0.25, 0.3) is 0 Å². The van der Waals surface area contributed by atoms with Crippen LogP contribution in [0.1, 0.15) is 1.43 Å².